The molecular formula is C15H23NO4. The number of carbonyl (C=O) groups is 1. The normalized spacial score (nSPS) is 11.9. The van der Waals surface area contributed by atoms with Gasteiger partial charge >= 0.3 is 0 Å². The fraction of sp³-hybridized carbons (Fsp3) is 0.533. The number of ether oxygens (including phenoxy) is 2. The molecule has 5 nitrogen and oxygen atoms in total. The summed E-state index contributed by atoms with van der Waals surface area (Å²) in [6, 6.07) is 7.22. The van der Waals surface area contributed by atoms with Gasteiger partial charge in [-0.3, -0.25) is 4.79 Å². The summed E-state index contributed by atoms with van der Waals surface area (Å²) >= 11 is 0. The van der Waals surface area contributed by atoms with Crippen molar-refractivity contribution >= 4 is 5.91 Å². The van der Waals surface area contributed by atoms with Gasteiger partial charge in [-0.1, -0.05) is 25.1 Å². The summed E-state index contributed by atoms with van der Waals surface area (Å²) < 4.78 is 10.4. The van der Waals surface area contributed by atoms with E-state index in [-0.39, 0.29) is 12.5 Å². The number of carbonyl (C=O) groups excluding carboxylic acids is 1. The SMILES string of the molecule is CC[C@H](O)c1ccccc1OCC(=O)NCCCOC. The molecule has 1 rings (SSSR count). The standard InChI is InChI=1S/C15H23NO4/c1-3-13(17)12-7-4-5-8-14(12)20-11-15(18)16-9-6-10-19-2/h4-5,7-8,13,17H,3,6,9-11H2,1-2H3,(H,16,18)/t13-/m0/s1. The van der Waals surface area contributed by atoms with Crippen LogP contribution < -0.4 is 10.1 Å². The minimum atomic E-state index is -0.573. The first-order chi connectivity index (χ1) is 9.69. The van der Waals surface area contributed by atoms with Gasteiger partial charge in [0.05, 0.1) is 6.10 Å². The van der Waals surface area contributed by atoms with Crippen LogP contribution in [0.15, 0.2) is 24.3 Å². The van der Waals surface area contributed by atoms with Gasteiger partial charge in [0.25, 0.3) is 5.91 Å². The zero-order chi connectivity index (χ0) is 14.8. The van der Waals surface area contributed by atoms with Crippen molar-refractivity contribution in [2.24, 2.45) is 0 Å². The van der Waals surface area contributed by atoms with E-state index < -0.39 is 6.10 Å². The van der Waals surface area contributed by atoms with Crippen LogP contribution in [-0.4, -0.2) is 37.9 Å². The molecule has 2 N–H and O–H groups in total. The van der Waals surface area contributed by atoms with Gasteiger partial charge in [0.2, 0.25) is 0 Å². The molecule has 5 heteroatoms. The van der Waals surface area contributed by atoms with Gasteiger partial charge in [-0.25, -0.2) is 0 Å². The van der Waals surface area contributed by atoms with E-state index in [1.807, 2.05) is 19.1 Å². The first kappa shape index (κ1) is 16.5. The van der Waals surface area contributed by atoms with Crippen LogP contribution in [0.2, 0.25) is 0 Å². The number of hydrogen-bond acceptors (Lipinski definition) is 4. The second kappa shape index (κ2) is 9.34. The quantitative estimate of drug-likeness (QED) is 0.676. The lowest BCUT2D eigenvalue weighted by atomic mass is 10.1. The van der Waals surface area contributed by atoms with E-state index in [0.29, 0.717) is 30.9 Å². The summed E-state index contributed by atoms with van der Waals surface area (Å²) in [6.07, 6.45) is 0.799. The average Bonchev–Trinajstić information content (AvgIpc) is 2.49. The predicted octanol–water partition coefficient (Wildman–Crippen LogP) is 1.66. The topological polar surface area (TPSA) is 67.8 Å². The number of para-hydroxylation sites is 1. The van der Waals surface area contributed by atoms with Gasteiger partial charge in [0.15, 0.2) is 6.61 Å². The third-order valence-electron chi connectivity index (χ3n) is 2.87. The van der Waals surface area contributed by atoms with Crippen molar-refractivity contribution in [3.63, 3.8) is 0 Å². The number of benzene rings is 1. The highest BCUT2D eigenvalue weighted by Crippen LogP contribution is 2.26. The van der Waals surface area contributed by atoms with Crippen LogP contribution in [0.1, 0.15) is 31.4 Å². The van der Waals surface area contributed by atoms with Crippen molar-refractivity contribution in [2.45, 2.75) is 25.9 Å². The van der Waals surface area contributed by atoms with Gasteiger partial charge in [0.1, 0.15) is 5.75 Å². The molecule has 0 unspecified atom stereocenters. The smallest absolute Gasteiger partial charge is 0.257 e. The highest BCUT2D eigenvalue weighted by molar-refractivity contribution is 5.77. The van der Waals surface area contributed by atoms with E-state index in [9.17, 15) is 9.90 Å². The van der Waals surface area contributed by atoms with Crippen molar-refractivity contribution in [1.82, 2.24) is 5.32 Å². The van der Waals surface area contributed by atoms with E-state index in [4.69, 9.17) is 9.47 Å². The molecule has 1 amide bonds. The maximum absolute atomic E-state index is 11.6. The van der Waals surface area contributed by atoms with Crippen molar-refractivity contribution in [2.75, 3.05) is 26.9 Å². The molecule has 20 heavy (non-hydrogen) atoms. The summed E-state index contributed by atoms with van der Waals surface area (Å²) in [5.41, 5.74) is 0.710. The number of aliphatic hydroxyl groups excluding tert-OH is 1. The zero-order valence-corrected chi connectivity index (χ0v) is 12.1. The van der Waals surface area contributed by atoms with Crippen LogP contribution in [0.5, 0.6) is 5.75 Å². The number of aliphatic hydroxyl groups is 1. The van der Waals surface area contributed by atoms with Crippen molar-refractivity contribution < 1.29 is 19.4 Å². The molecule has 1 atom stereocenters. The molecular weight excluding hydrogens is 258 g/mol. The fourth-order valence-electron chi connectivity index (χ4n) is 1.75. The van der Waals surface area contributed by atoms with Crippen LogP contribution in [-0.2, 0) is 9.53 Å². The van der Waals surface area contributed by atoms with Gasteiger partial charge < -0.3 is 19.9 Å². The van der Waals surface area contributed by atoms with Gasteiger partial charge in [-0.15, -0.1) is 0 Å². The number of hydrogen-bond donors (Lipinski definition) is 2. The average molecular weight is 281 g/mol. The minimum Gasteiger partial charge on any atom is -0.483 e. The fourth-order valence-corrected chi connectivity index (χ4v) is 1.75. The number of methoxy groups -OCH3 is 1. The molecule has 0 aliphatic heterocycles. The molecule has 0 saturated carbocycles. The number of nitrogens with one attached hydrogen (secondary N) is 1. The largest absolute Gasteiger partial charge is 0.483 e. The molecule has 0 radical (unpaired) electrons. The van der Waals surface area contributed by atoms with Gasteiger partial charge in [0, 0.05) is 25.8 Å². The Morgan fingerprint density at radius 3 is 2.85 bits per heavy atom. The maximum Gasteiger partial charge on any atom is 0.257 e. The Bertz CT molecular complexity index is 409. The monoisotopic (exact) mass is 281 g/mol. The number of amides is 1. The molecule has 0 spiro atoms. The third kappa shape index (κ3) is 5.59. The predicted molar refractivity (Wildman–Crippen MR) is 76.7 cm³/mol. The highest BCUT2D eigenvalue weighted by atomic mass is 16.5. The van der Waals surface area contributed by atoms with Gasteiger partial charge in [-0.05, 0) is 18.9 Å². The Labute approximate surface area is 119 Å². The lowest BCUT2D eigenvalue weighted by molar-refractivity contribution is -0.123. The molecule has 112 valence electrons. The minimum absolute atomic E-state index is 0.0551. The maximum atomic E-state index is 11.6. The lowest BCUT2D eigenvalue weighted by Crippen LogP contribution is -2.30. The molecule has 0 fully saturated rings. The van der Waals surface area contributed by atoms with Crippen molar-refractivity contribution in [3.05, 3.63) is 29.8 Å². The molecule has 1 aromatic carbocycles. The molecule has 1 aromatic rings. The van der Waals surface area contributed by atoms with Gasteiger partial charge in [-0.2, -0.15) is 0 Å². The summed E-state index contributed by atoms with van der Waals surface area (Å²) in [6.45, 7) is 3.02. The second-order valence-corrected chi connectivity index (χ2v) is 4.45. The van der Waals surface area contributed by atoms with Crippen LogP contribution in [0.25, 0.3) is 0 Å². The Kier molecular flexibility index (Phi) is 7.69. The van der Waals surface area contributed by atoms with Crippen molar-refractivity contribution in [3.8, 4) is 5.75 Å². The molecule has 0 aliphatic rings. The van der Waals surface area contributed by atoms with Crippen LogP contribution >= 0.6 is 0 Å². The Morgan fingerprint density at radius 1 is 1.40 bits per heavy atom. The lowest BCUT2D eigenvalue weighted by Gasteiger charge is -2.14. The van der Waals surface area contributed by atoms with E-state index in [0.717, 1.165) is 6.42 Å². The Morgan fingerprint density at radius 2 is 2.15 bits per heavy atom. The van der Waals surface area contributed by atoms with Crippen LogP contribution in [0.3, 0.4) is 0 Å². The summed E-state index contributed by atoms with van der Waals surface area (Å²) in [7, 11) is 1.63. The summed E-state index contributed by atoms with van der Waals surface area (Å²) in [5.74, 6) is 0.371. The van der Waals surface area contributed by atoms with E-state index in [2.05, 4.69) is 5.32 Å². The van der Waals surface area contributed by atoms with E-state index >= 15 is 0 Å². The first-order valence-corrected chi connectivity index (χ1v) is 6.84. The van der Waals surface area contributed by atoms with Crippen LogP contribution in [0, 0.1) is 0 Å². The summed E-state index contributed by atoms with van der Waals surface area (Å²) in [5, 5.41) is 12.6. The van der Waals surface area contributed by atoms with Crippen molar-refractivity contribution in [1.29, 1.82) is 0 Å². The first-order valence-electron chi connectivity index (χ1n) is 6.84. The third-order valence-corrected chi connectivity index (χ3v) is 2.87. The van der Waals surface area contributed by atoms with Crippen LogP contribution in [0.4, 0.5) is 0 Å². The molecule has 0 saturated heterocycles. The number of rotatable bonds is 9. The summed E-state index contributed by atoms with van der Waals surface area (Å²) in [4.78, 5) is 11.6. The van der Waals surface area contributed by atoms with E-state index in [1.54, 1.807) is 19.2 Å². The molecule has 0 bridgehead atoms. The molecule has 0 aliphatic carbocycles. The molecule has 0 aromatic heterocycles. The second-order valence-electron chi connectivity index (χ2n) is 4.45. The van der Waals surface area contributed by atoms with E-state index in [1.165, 1.54) is 0 Å². The Hall–Kier alpha value is -1.59. The molecule has 0 heterocycles. The zero-order valence-electron chi connectivity index (χ0n) is 12.1. The highest BCUT2D eigenvalue weighted by Gasteiger charge is 2.12. The Balaban J connectivity index is 2.43.